The third-order valence-corrected chi connectivity index (χ3v) is 4.61. The molecule has 0 fully saturated rings. The van der Waals surface area contributed by atoms with E-state index in [4.69, 9.17) is 28.4 Å². The molecule has 0 aliphatic heterocycles. The number of hydrogen-bond donors (Lipinski definition) is 0. The van der Waals surface area contributed by atoms with Gasteiger partial charge in [0.15, 0.2) is 0 Å². The van der Waals surface area contributed by atoms with E-state index in [-0.39, 0.29) is 36.2 Å². The monoisotopic (exact) mass is 518 g/mol. The van der Waals surface area contributed by atoms with E-state index < -0.39 is 23.9 Å². The molecule has 0 aliphatic rings. The molecule has 10 nitrogen and oxygen atoms in total. The lowest BCUT2D eigenvalue weighted by Gasteiger charge is -2.09. The number of esters is 4. The van der Waals surface area contributed by atoms with Crippen LogP contribution < -0.4 is 18.9 Å². The largest absolute Gasteiger partial charge is 0.457 e. The molecule has 0 N–H and O–H groups in total. The molecule has 0 saturated carbocycles. The van der Waals surface area contributed by atoms with Crippen molar-refractivity contribution in [2.24, 2.45) is 0 Å². The van der Waals surface area contributed by atoms with Crippen molar-refractivity contribution >= 4 is 23.9 Å². The highest BCUT2D eigenvalue weighted by molar-refractivity contribution is 5.92. The summed E-state index contributed by atoms with van der Waals surface area (Å²) in [7, 11) is 0. The van der Waals surface area contributed by atoms with E-state index in [1.807, 2.05) is 0 Å². The molecular weight excluding hydrogens is 496 g/mol. The number of rotatable bonds is 12. The van der Waals surface area contributed by atoms with E-state index in [1.165, 1.54) is 60.7 Å². The summed E-state index contributed by atoms with van der Waals surface area (Å²) in [5, 5.41) is 0. The summed E-state index contributed by atoms with van der Waals surface area (Å²) in [5.74, 6) is -1.17. The Morgan fingerprint density at radius 3 is 1.21 bits per heavy atom. The number of carbonyl (C=O) groups excluding carboxylic acids is 4. The topological polar surface area (TPSA) is 124 Å². The highest BCUT2D eigenvalue weighted by atomic mass is 16.7. The van der Waals surface area contributed by atoms with Crippen LogP contribution in [0.1, 0.15) is 20.7 Å². The van der Waals surface area contributed by atoms with Crippen molar-refractivity contribution in [1.82, 2.24) is 0 Å². The minimum Gasteiger partial charge on any atom is -0.457 e. The third-order valence-electron chi connectivity index (χ3n) is 4.61. The second-order valence-corrected chi connectivity index (χ2v) is 7.16. The maximum atomic E-state index is 12.4. The molecule has 0 heterocycles. The molecule has 0 radical (unpaired) electrons. The predicted molar refractivity (Wildman–Crippen MR) is 133 cm³/mol. The molecule has 194 valence electrons. The second-order valence-electron chi connectivity index (χ2n) is 7.16. The van der Waals surface area contributed by atoms with Crippen LogP contribution in [0.5, 0.6) is 23.0 Å². The first kappa shape index (κ1) is 27.2. The molecule has 38 heavy (non-hydrogen) atoms. The lowest BCUT2D eigenvalue weighted by atomic mass is 10.2. The Kier molecular flexibility index (Phi) is 9.77. The van der Waals surface area contributed by atoms with Gasteiger partial charge in [-0.05, 0) is 72.8 Å². The van der Waals surface area contributed by atoms with Crippen molar-refractivity contribution in [3.05, 3.63) is 109 Å². The molecule has 3 aromatic carbocycles. The van der Waals surface area contributed by atoms with Gasteiger partial charge in [0.2, 0.25) is 13.6 Å². The lowest BCUT2D eigenvalue weighted by Crippen LogP contribution is -2.11. The highest BCUT2D eigenvalue weighted by Crippen LogP contribution is 2.21. The molecular formula is C28H22O10. The average molecular weight is 518 g/mol. The van der Waals surface area contributed by atoms with Crippen LogP contribution in [0, 0.1) is 0 Å². The number of carbonyl (C=O) groups is 4. The summed E-state index contributed by atoms with van der Waals surface area (Å²) < 4.78 is 30.5. The van der Waals surface area contributed by atoms with Crippen molar-refractivity contribution < 1.29 is 47.6 Å². The quantitative estimate of drug-likeness (QED) is 0.149. The predicted octanol–water partition coefficient (Wildman–Crippen LogP) is 4.26. The fourth-order valence-electron chi connectivity index (χ4n) is 2.71. The zero-order chi connectivity index (χ0) is 27.3. The summed E-state index contributed by atoms with van der Waals surface area (Å²) in [6.07, 6.45) is 2.04. The number of ether oxygens (including phenoxy) is 6. The molecule has 0 unspecified atom stereocenters. The van der Waals surface area contributed by atoms with E-state index in [2.05, 4.69) is 13.2 Å². The number of benzene rings is 3. The fraction of sp³-hybridized carbons (Fsp3) is 0.0714. The van der Waals surface area contributed by atoms with Crippen molar-refractivity contribution in [2.45, 2.75) is 0 Å². The number of hydrogen-bond acceptors (Lipinski definition) is 10. The first-order valence-electron chi connectivity index (χ1n) is 11.0. The molecule has 0 spiro atoms. The van der Waals surface area contributed by atoms with E-state index in [9.17, 15) is 19.2 Å². The molecule has 0 bridgehead atoms. The van der Waals surface area contributed by atoms with Crippen LogP contribution in [0.4, 0.5) is 0 Å². The zero-order valence-corrected chi connectivity index (χ0v) is 20.0. The molecule has 0 aromatic heterocycles. The van der Waals surface area contributed by atoms with Gasteiger partial charge in [0.1, 0.15) is 23.0 Å². The Bertz CT molecular complexity index is 1290. The fourth-order valence-corrected chi connectivity index (χ4v) is 2.71. The zero-order valence-electron chi connectivity index (χ0n) is 20.0. The van der Waals surface area contributed by atoms with Gasteiger partial charge in [-0.2, -0.15) is 0 Å². The van der Waals surface area contributed by atoms with Gasteiger partial charge in [-0.15, -0.1) is 0 Å². The van der Waals surface area contributed by atoms with Gasteiger partial charge in [-0.1, -0.05) is 13.2 Å². The van der Waals surface area contributed by atoms with Crippen LogP contribution in [0.3, 0.4) is 0 Å². The van der Waals surface area contributed by atoms with Gasteiger partial charge < -0.3 is 28.4 Å². The summed E-state index contributed by atoms with van der Waals surface area (Å²) in [6, 6.07) is 18.0. The summed E-state index contributed by atoms with van der Waals surface area (Å²) >= 11 is 0. The van der Waals surface area contributed by atoms with Crippen LogP contribution in [-0.4, -0.2) is 37.5 Å². The van der Waals surface area contributed by atoms with Gasteiger partial charge >= 0.3 is 23.9 Å². The minimum atomic E-state index is -0.620. The minimum absolute atomic E-state index is 0.224. The van der Waals surface area contributed by atoms with Crippen molar-refractivity contribution in [3.63, 3.8) is 0 Å². The first-order valence-corrected chi connectivity index (χ1v) is 11.0. The van der Waals surface area contributed by atoms with Crippen LogP contribution in [-0.2, 0) is 19.1 Å². The van der Waals surface area contributed by atoms with Gasteiger partial charge in [-0.25, -0.2) is 19.2 Å². The van der Waals surface area contributed by atoms with Crippen molar-refractivity contribution in [1.29, 1.82) is 0 Å². The van der Waals surface area contributed by atoms with Gasteiger partial charge in [0.25, 0.3) is 0 Å². The van der Waals surface area contributed by atoms with Gasteiger partial charge in [-0.3, -0.25) is 0 Å². The summed E-state index contributed by atoms with van der Waals surface area (Å²) in [5.41, 5.74) is 0.496. The molecule has 10 heteroatoms. The van der Waals surface area contributed by atoms with E-state index in [0.29, 0.717) is 11.5 Å². The normalized spacial score (nSPS) is 9.89. The third kappa shape index (κ3) is 8.38. The summed E-state index contributed by atoms with van der Waals surface area (Å²) in [4.78, 5) is 46.8. The standard InChI is InChI=1S/C28H22O10/c1-3-25(29)35-17-33-21-9-5-19(6-10-21)27(31)37-23-11-7-20(8-12-23)28(32)38-24-15-13-22(14-16-24)34-18-36-26(30)4-2/h3-16H,1-2,17-18H2. The van der Waals surface area contributed by atoms with Crippen LogP contribution in [0.15, 0.2) is 98.1 Å². The Morgan fingerprint density at radius 1 is 0.526 bits per heavy atom. The maximum absolute atomic E-state index is 12.4. The highest BCUT2D eigenvalue weighted by Gasteiger charge is 2.12. The van der Waals surface area contributed by atoms with E-state index in [1.54, 1.807) is 12.1 Å². The van der Waals surface area contributed by atoms with E-state index >= 15 is 0 Å². The maximum Gasteiger partial charge on any atom is 0.343 e. The van der Waals surface area contributed by atoms with Crippen molar-refractivity contribution in [2.75, 3.05) is 13.6 Å². The SMILES string of the molecule is C=CC(=O)OCOc1ccc(OC(=O)c2ccc(OC(=O)c3ccc(OCOC(=O)C=C)cc3)cc2)cc1. The average Bonchev–Trinajstić information content (AvgIpc) is 2.94. The Morgan fingerprint density at radius 2 is 0.842 bits per heavy atom. The second kappa shape index (κ2) is 13.6. The van der Waals surface area contributed by atoms with Crippen LogP contribution >= 0.6 is 0 Å². The summed E-state index contributed by atoms with van der Waals surface area (Å²) in [6.45, 7) is 5.98. The van der Waals surface area contributed by atoms with Crippen LogP contribution in [0.25, 0.3) is 0 Å². The molecule has 0 atom stereocenters. The Labute approximate surface area is 217 Å². The molecule has 0 saturated heterocycles. The van der Waals surface area contributed by atoms with Crippen molar-refractivity contribution in [3.8, 4) is 23.0 Å². The van der Waals surface area contributed by atoms with E-state index in [0.717, 1.165) is 12.2 Å². The smallest absolute Gasteiger partial charge is 0.343 e. The lowest BCUT2D eigenvalue weighted by molar-refractivity contribution is -0.145. The Hall–Kier alpha value is -5.38. The molecule has 0 aliphatic carbocycles. The van der Waals surface area contributed by atoms with Gasteiger partial charge in [0.05, 0.1) is 11.1 Å². The Balaban J connectivity index is 1.48. The van der Waals surface area contributed by atoms with Crippen LogP contribution in [0.2, 0.25) is 0 Å². The molecule has 3 rings (SSSR count). The molecule has 3 aromatic rings. The van der Waals surface area contributed by atoms with Gasteiger partial charge in [0, 0.05) is 12.2 Å². The molecule has 0 amide bonds. The first-order chi connectivity index (χ1) is 18.4.